The summed E-state index contributed by atoms with van der Waals surface area (Å²) in [5.74, 6) is 0. The van der Waals surface area contributed by atoms with Crippen LogP contribution in [0.1, 0.15) is 5.56 Å². The van der Waals surface area contributed by atoms with Crippen LogP contribution >= 0.6 is 0 Å². The minimum atomic E-state index is -1.50. The molecule has 0 aliphatic carbocycles. The first-order chi connectivity index (χ1) is 7.50. The Labute approximate surface area is 89.9 Å². The van der Waals surface area contributed by atoms with Crippen molar-refractivity contribution < 1.29 is 14.7 Å². The second-order valence-electron chi connectivity index (χ2n) is 2.98. The van der Waals surface area contributed by atoms with E-state index in [0.29, 0.717) is 5.58 Å². The lowest BCUT2D eigenvalue weighted by atomic mass is 10.1. The van der Waals surface area contributed by atoms with Crippen molar-refractivity contribution >= 4 is 11.0 Å². The third-order valence-electron chi connectivity index (χ3n) is 1.86. The van der Waals surface area contributed by atoms with Gasteiger partial charge in [-0.15, -0.1) is 10.1 Å². The number of hydrogen-bond acceptors (Lipinski definition) is 4. The molecule has 0 unspecified atom stereocenters. The van der Waals surface area contributed by atoms with Gasteiger partial charge in [-0.2, -0.15) is 0 Å². The van der Waals surface area contributed by atoms with Gasteiger partial charge in [-0.3, -0.25) is 0 Å². The summed E-state index contributed by atoms with van der Waals surface area (Å²) in [6, 6.07) is 9.01. The van der Waals surface area contributed by atoms with E-state index in [9.17, 15) is 4.79 Å². The SMILES string of the molecule is Cc1cc(=O)oc2ccccc12.O=[N+]([O-])O. The molecular weight excluding hydrogens is 214 g/mol. The van der Waals surface area contributed by atoms with Crippen molar-refractivity contribution in [1.29, 1.82) is 0 Å². The first kappa shape index (κ1) is 11.7. The van der Waals surface area contributed by atoms with Crippen molar-refractivity contribution in [3.8, 4) is 0 Å². The Morgan fingerprint density at radius 1 is 1.38 bits per heavy atom. The molecule has 1 heterocycles. The molecule has 84 valence electrons. The summed E-state index contributed by atoms with van der Waals surface area (Å²) in [4.78, 5) is 19.3. The van der Waals surface area contributed by atoms with E-state index in [1.54, 1.807) is 6.07 Å². The third-order valence-corrected chi connectivity index (χ3v) is 1.86. The molecular formula is C10H9NO5. The highest BCUT2D eigenvalue weighted by atomic mass is 16.9. The van der Waals surface area contributed by atoms with E-state index in [4.69, 9.17) is 19.7 Å². The second kappa shape index (κ2) is 4.92. The standard InChI is InChI=1S/C10H8O2.HNO3/c1-7-6-10(11)12-9-5-3-2-4-8(7)9;2-1(3)4/h2-6H,1H3;(H,2,3,4). The molecule has 2 rings (SSSR count). The van der Waals surface area contributed by atoms with E-state index in [-0.39, 0.29) is 5.63 Å². The molecule has 0 amide bonds. The molecule has 2 aromatic rings. The van der Waals surface area contributed by atoms with E-state index in [0.717, 1.165) is 10.9 Å². The molecule has 0 radical (unpaired) electrons. The Balaban J connectivity index is 0.000000280. The van der Waals surface area contributed by atoms with Crippen LogP contribution in [0.2, 0.25) is 0 Å². The van der Waals surface area contributed by atoms with Crippen molar-refractivity contribution in [2.75, 3.05) is 0 Å². The molecule has 0 saturated heterocycles. The van der Waals surface area contributed by atoms with Gasteiger partial charge in [0.2, 0.25) is 0 Å². The summed E-state index contributed by atoms with van der Waals surface area (Å²) < 4.78 is 4.99. The van der Waals surface area contributed by atoms with Crippen molar-refractivity contribution in [2.24, 2.45) is 0 Å². The summed E-state index contributed by atoms with van der Waals surface area (Å²) in [5, 5.41) is 14.6. The molecule has 1 N–H and O–H groups in total. The molecule has 0 spiro atoms. The second-order valence-corrected chi connectivity index (χ2v) is 2.98. The van der Waals surface area contributed by atoms with Gasteiger partial charge in [-0.05, 0) is 18.6 Å². The first-order valence-electron chi connectivity index (χ1n) is 4.33. The average molecular weight is 223 g/mol. The monoisotopic (exact) mass is 223 g/mol. The number of hydrogen-bond donors (Lipinski definition) is 1. The van der Waals surface area contributed by atoms with E-state index in [2.05, 4.69) is 0 Å². The van der Waals surface area contributed by atoms with Gasteiger partial charge in [0.25, 0.3) is 5.09 Å². The lowest BCUT2D eigenvalue weighted by molar-refractivity contribution is -0.742. The minimum absolute atomic E-state index is 0.286. The fraction of sp³-hybridized carbons (Fsp3) is 0.100. The predicted octanol–water partition coefficient (Wildman–Crippen LogP) is 1.75. The lowest BCUT2D eigenvalue weighted by Crippen LogP contribution is -1.97. The van der Waals surface area contributed by atoms with E-state index < -0.39 is 5.09 Å². The minimum Gasteiger partial charge on any atom is -0.423 e. The topological polar surface area (TPSA) is 93.6 Å². The van der Waals surface area contributed by atoms with Crippen LogP contribution in [0.5, 0.6) is 0 Å². The van der Waals surface area contributed by atoms with Crippen LogP contribution in [0.25, 0.3) is 11.0 Å². The lowest BCUT2D eigenvalue weighted by Gasteiger charge is -1.97. The van der Waals surface area contributed by atoms with Crippen molar-refractivity contribution in [1.82, 2.24) is 0 Å². The summed E-state index contributed by atoms with van der Waals surface area (Å²) in [5.41, 5.74) is 1.33. The summed E-state index contributed by atoms with van der Waals surface area (Å²) in [6.07, 6.45) is 0. The maximum absolute atomic E-state index is 10.9. The Morgan fingerprint density at radius 3 is 2.56 bits per heavy atom. The van der Waals surface area contributed by atoms with Crippen LogP contribution in [0, 0.1) is 17.0 Å². The first-order valence-corrected chi connectivity index (χ1v) is 4.33. The largest absolute Gasteiger partial charge is 0.423 e. The zero-order valence-corrected chi connectivity index (χ0v) is 8.41. The number of aryl methyl sites for hydroxylation is 1. The fourth-order valence-corrected chi connectivity index (χ4v) is 1.27. The zero-order chi connectivity index (χ0) is 12.1. The predicted molar refractivity (Wildman–Crippen MR) is 56.0 cm³/mol. The number of benzene rings is 1. The molecule has 0 fully saturated rings. The molecule has 0 saturated carbocycles. The van der Waals surface area contributed by atoms with E-state index in [1.165, 1.54) is 6.07 Å². The number of rotatable bonds is 0. The Kier molecular flexibility index (Phi) is 3.60. The smallest absolute Gasteiger partial charge is 0.336 e. The summed E-state index contributed by atoms with van der Waals surface area (Å²) in [6.45, 7) is 1.90. The van der Waals surface area contributed by atoms with Gasteiger partial charge in [0, 0.05) is 11.5 Å². The quantitative estimate of drug-likeness (QED) is 0.417. The van der Waals surface area contributed by atoms with Gasteiger partial charge >= 0.3 is 5.63 Å². The van der Waals surface area contributed by atoms with Crippen LogP contribution in [-0.2, 0) is 0 Å². The molecule has 16 heavy (non-hydrogen) atoms. The van der Waals surface area contributed by atoms with Crippen LogP contribution in [0.4, 0.5) is 0 Å². The number of nitrogens with zero attached hydrogens (tertiary/aromatic N) is 1. The normalized spacial score (nSPS) is 9.31. The zero-order valence-electron chi connectivity index (χ0n) is 8.41. The number of fused-ring (bicyclic) bond motifs is 1. The summed E-state index contributed by atoms with van der Waals surface area (Å²) in [7, 11) is 0. The molecule has 1 aromatic heterocycles. The number of para-hydroxylation sites is 1. The maximum atomic E-state index is 10.9. The van der Waals surface area contributed by atoms with Gasteiger partial charge in [-0.1, -0.05) is 18.2 Å². The van der Waals surface area contributed by atoms with Crippen LogP contribution in [0.3, 0.4) is 0 Å². The van der Waals surface area contributed by atoms with Crippen molar-refractivity contribution in [2.45, 2.75) is 6.92 Å². The fourth-order valence-electron chi connectivity index (χ4n) is 1.27. The van der Waals surface area contributed by atoms with Gasteiger partial charge in [0.05, 0.1) is 0 Å². The Bertz CT molecular complexity index is 556. The molecule has 6 heteroatoms. The maximum Gasteiger partial charge on any atom is 0.336 e. The molecule has 1 aromatic carbocycles. The summed E-state index contributed by atoms with van der Waals surface area (Å²) >= 11 is 0. The Morgan fingerprint density at radius 2 is 1.94 bits per heavy atom. The van der Waals surface area contributed by atoms with Crippen LogP contribution < -0.4 is 5.63 Å². The molecule has 0 aliphatic heterocycles. The van der Waals surface area contributed by atoms with Crippen molar-refractivity contribution in [3.63, 3.8) is 0 Å². The molecule has 0 aliphatic rings. The van der Waals surface area contributed by atoms with Gasteiger partial charge < -0.3 is 9.62 Å². The van der Waals surface area contributed by atoms with Crippen molar-refractivity contribution in [3.05, 3.63) is 56.4 Å². The third kappa shape index (κ3) is 3.09. The van der Waals surface area contributed by atoms with Crippen LogP contribution in [0.15, 0.2) is 39.5 Å². The highest BCUT2D eigenvalue weighted by Gasteiger charge is 1.98. The van der Waals surface area contributed by atoms with E-state index in [1.807, 2.05) is 25.1 Å². The van der Waals surface area contributed by atoms with Gasteiger partial charge in [-0.25, -0.2) is 4.79 Å². The molecule has 0 atom stereocenters. The Hall–Kier alpha value is -2.37. The molecule has 6 nitrogen and oxygen atoms in total. The van der Waals surface area contributed by atoms with Gasteiger partial charge in [0.1, 0.15) is 5.58 Å². The van der Waals surface area contributed by atoms with E-state index >= 15 is 0 Å². The highest BCUT2D eigenvalue weighted by Crippen LogP contribution is 2.14. The highest BCUT2D eigenvalue weighted by molar-refractivity contribution is 5.79. The average Bonchev–Trinajstić information content (AvgIpc) is 2.16. The van der Waals surface area contributed by atoms with Gasteiger partial charge in [0.15, 0.2) is 0 Å². The van der Waals surface area contributed by atoms with Crippen LogP contribution in [-0.4, -0.2) is 10.3 Å². The molecule has 0 bridgehead atoms.